The minimum atomic E-state index is -0.0987. The van der Waals surface area contributed by atoms with Gasteiger partial charge in [0.15, 0.2) is 0 Å². The summed E-state index contributed by atoms with van der Waals surface area (Å²) in [7, 11) is 0. The molecule has 1 unspecified atom stereocenters. The van der Waals surface area contributed by atoms with E-state index in [-0.39, 0.29) is 12.1 Å². The third-order valence-electron chi connectivity index (χ3n) is 4.36. The monoisotopic (exact) mass is 352 g/mol. The van der Waals surface area contributed by atoms with Gasteiger partial charge in [-0.25, -0.2) is 0 Å². The first-order chi connectivity index (χ1) is 12.7. The summed E-state index contributed by atoms with van der Waals surface area (Å²) in [6.07, 6.45) is 3.81. The van der Waals surface area contributed by atoms with Gasteiger partial charge in [-0.2, -0.15) is 10.4 Å². The van der Waals surface area contributed by atoms with Crippen LogP contribution in [-0.4, -0.2) is 48.8 Å². The van der Waals surface area contributed by atoms with Gasteiger partial charge in [-0.15, -0.1) is 0 Å². The molecule has 2 atom stereocenters. The molecule has 0 saturated heterocycles. The lowest BCUT2D eigenvalue weighted by molar-refractivity contribution is -0.00725. The number of nitrogens with zero attached hydrogens (tertiary/aromatic N) is 2. The molecule has 0 saturated carbocycles. The standard InChI is InChI=1S/C19H20N4O3/c1-12-10-26-16-2-3-18-17(8-16)19(23-22-18)13-6-14(9-20)21-15(7-13)11-24-4-5-25-12/h2-3,6-8,12,15,21H,4-5,10-11H2,1H3,(H,22,23)/t12-,15?/m0/s1. The van der Waals surface area contributed by atoms with Gasteiger partial charge in [-0.3, -0.25) is 5.10 Å². The number of H-pyrrole nitrogens is 1. The van der Waals surface area contributed by atoms with Gasteiger partial charge in [0.1, 0.15) is 24.1 Å². The Balaban J connectivity index is 1.76. The van der Waals surface area contributed by atoms with Crippen LogP contribution in [0.1, 0.15) is 12.6 Å². The molecule has 1 aromatic carbocycles. The minimum absolute atomic E-state index is 0.0339. The van der Waals surface area contributed by atoms with Crippen molar-refractivity contribution in [2.24, 2.45) is 0 Å². The Morgan fingerprint density at radius 1 is 1.27 bits per heavy atom. The smallest absolute Gasteiger partial charge is 0.120 e. The Hall–Kier alpha value is -2.82. The second-order valence-electron chi connectivity index (χ2n) is 6.39. The second kappa shape index (κ2) is 7.20. The van der Waals surface area contributed by atoms with Crippen LogP contribution in [0.5, 0.6) is 5.75 Å². The quantitative estimate of drug-likeness (QED) is 0.755. The van der Waals surface area contributed by atoms with Crippen LogP contribution in [0.2, 0.25) is 0 Å². The van der Waals surface area contributed by atoms with Crippen molar-refractivity contribution in [3.8, 4) is 11.8 Å². The normalized spacial score (nSPS) is 23.7. The van der Waals surface area contributed by atoms with Gasteiger partial charge in [-0.1, -0.05) is 6.08 Å². The first kappa shape index (κ1) is 16.6. The van der Waals surface area contributed by atoms with Gasteiger partial charge in [0.2, 0.25) is 0 Å². The average molecular weight is 352 g/mol. The van der Waals surface area contributed by atoms with Crippen LogP contribution in [-0.2, 0) is 9.47 Å². The number of aromatic nitrogens is 2. The van der Waals surface area contributed by atoms with Gasteiger partial charge in [-0.05, 0) is 31.2 Å². The molecule has 7 heteroatoms. The lowest BCUT2D eigenvalue weighted by Gasteiger charge is -2.21. The van der Waals surface area contributed by atoms with E-state index >= 15 is 0 Å². The van der Waals surface area contributed by atoms with Crippen molar-refractivity contribution in [3.63, 3.8) is 0 Å². The zero-order valence-corrected chi connectivity index (χ0v) is 14.5. The number of allylic oxidation sites excluding steroid dienone is 3. The third kappa shape index (κ3) is 3.43. The fourth-order valence-corrected chi connectivity index (χ4v) is 3.09. The Bertz CT molecular complexity index is 909. The number of aromatic amines is 1. The van der Waals surface area contributed by atoms with E-state index in [9.17, 15) is 5.26 Å². The van der Waals surface area contributed by atoms with E-state index in [1.807, 2.05) is 37.3 Å². The van der Waals surface area contributed by atoms with Gasteiger partial charge in [0.25, 0.3) is 0 Å². The predicted octanol–water partition coefficient (Wildman–Crippen LogP) is 2.14. The average Bonchev–Trinajstić information content (AvgIpc) is 3.08. The van der Waals surface area contributed by atoms with Gasteiger partial charge >= 0.3 is 0 Å². The SMILES string of the molecule is C[C@H]1COc2ccc3[nH]nc(c3c2)C2=CC(COCCO1)NC(C#N)=C2. The van der Waals surface area contributed by atoms with E-state index in [0.29, 0.717) is 32.1 Å². The molecule has 134 valence electrons. The first-order valence-electron chi connectivity index (χ1n) is 8.64. The third-order valence-corrected chi connectivity index (χ3v) is 4.36. The number of nitriles is 1. The van der Waals surface area contributed by atoms with E-state index in [0.717, 1.165) is 27.9 Å². The lowest BCUT2D eigenvalue weighted by atomic mass is 10.0. The molecule has 0 radical (unpaired) electrons. The van der Waals surface area contributed by atoms with E-state index in [2.05, 4.69) is 21.6 Å². The molecule has 1 aromatic heterocycles. The number of dihydropyridines is 1. The molecule has 3 heterocycles. The molecule has 26 heavy (non-hydrogen) atoms. The molecular weight excluding hydrogens is 332 g/mol. The number of hydrogen-bond donors (Lipinski definition) is 2. The zero-order valence-electron chi connectivity index (χ0n) is 14.5. The number of hydrogen-bond acceptors (Lipinski definition) is 6. The highest BCUT2D eigenvalue weighted by Gasteiger charge is 2.19. The van der Waals surface area contributed by atoms with Crippen molar-refractivity contribution in [3.05, 3.63) is 41.7 Å². The number of rotatable bonds is 0. The molecule has 2 N–H and O–H groups in total. The fraction of sp³-hybridized carbons (Fsp3) is 0.368. The number of fused-ring (bicyclic) bond motifs is 3. The molecule has 4 bridgehead atoms. The first-order valence-corrected chi connectivity index (χ1v) is 8.64. The predicted molar refractivity (Wildman–Crippen MR) is 96.4 cm³/mol. The molecule has 4 rings (SSSR count). The molecule has 0 spiro atoms. The molecule has 2 aromatic rings. The van der Waals surface area contributed by atoms with Crippen molar-refractivity contribution >= 4 is 16.5 Å². The summed E-state index contributed by atoms with van der Waals surface area (Å²) in [5.74, 6) is 0.761. The van der Waals surface area contributed by atoms with Crippen LogP contribution in [0.15, 0.2) is 36.0 Å². The van der Waals surface area contributed by atoms with Crippen LogP contribution < -0.4 is 10.1 Å². The molecule has 2 aliphatic heterocycles. The molecule has 0 amide bonds. The van der Waals surface area contributed by atoms with Crippen LogP contribution in [0.4, 0.5) is 0 Å². The van der Waals surface area contributed by atoms with Crippen molar-refractivity contribution < 1.29 is 14.2 Å². The highest BCUT2D eigenvalue weighted by molar-refractivity contribution is 5.94. The number of benzene rings is 1. The van der Waals surface area contributed by atoms with Gasteiger partial charge in [0.05, 0.1) is 43.2 Å². The summed E-state index contributed by atoms with van der Waals surface area (Å²) in [5, 5.41) is 21.0. The maximum atomic E-state index is 9.35. The maximum Gasteiger partial charge on any atom is 0.120 e. The van der Waals surface area contributed by atoms with Gasteiger partial charge in [0, 0.05) is 11.0 Å². The fourth-order valence-electron chi connectivity index (χ4n) is 3.09. The highest BCUT2D eigenvalue weighted by atomic mass is 16.5. The van der Waals surface area contributed by atoms with Crippen LogP contribution in [0.3, 0.4) is 0 Å². The summed E-state index contributed by atoms with van der Waals surface area (Å²) in [6, 6.07) is 7.91. The van der Waals surface area contributed by atoms with E-state index in [1.54, 1.807) is 0 Å². The maximum absolute atomic E-state index is 9.35. The van der Waals surface area contributed by atoms with Crippen molar-refractivity contribution in [1.82, 2.24) is 15.5 Å². The van der Waals surface area contributed by atoms with Crippen LogP contribution in [0.25, 0.3) is 16.5 Å². The van der Waals surface area contributed by atoms with Crippen molar-refractivity contribution in [2.45, 2.75) is 19.1 Å². The Morgan fingerprint density at radius 2 is 2.19 bits per heavy atom. The van der Waals surface area contributed by atoms with E-state index in [1.165, 1.54) is 0 Å². The Morgan fingerprint density at radius 3 is 3.08 bits per heavy atom. The molecule has 0 aliphatic carbocycles. The zero-order chi connectivity index (χ0) is 17.9. The Kier molecular flexibility index (Phi) is 4.61. The summed E-state index contributed by atoms with van der Waals surface area (Å²) in [4.78, 5) is 0. The second-order valence-corrected chi connectivity index (χ2v) is 6.39. The summed E-state index contributed by atoms with van der Waals surface area (Å²) < 4.78 is 17.3. The molecule has 2 aliphatic rings. The van der Waals surface area contributed by atoms with Crippen molar-refractivity contribution in [2.75, 3.05) is 26.4 Å². The largest absolute Gasteiger partial charge is 0.491 e. The molecular formula is C19H20N4O3. The number of nitrogens with one attached hydrogen (secondary N) is 2. The van der Waals surface area contributed by atoms with E-state index in [4.69, 9.17) is 14.2 Å². The molecule has 0 fully saturated rings. The van der Waals surface area contributed by atoms with Crippen LogP contribution >= 0.6 is 0 Å². The highest BCUT2D eigenvalue weighted by Crippen LogP contribution is 2.29. The molecule has 7 nitrogen and oxygen atoms in total. The van der Waals surface area contributed by atoms with Gasteiger partial charge < -0.3 is 19.5 Å². The summed E-state index contributed by atoms with van der Waals surface area (Å²) >= 11 is 0. The topological polar surface area (TPSA) is 92.2 Å². The number of ether oxygens (including phenoxy) is 3. The summed E-state index contributed by atoms with van der Waals surface area (Å²) in [5.41, 5.74) is 3.09. The summed E-state index contributed by atoms with van der Waals surface area (Å²) in [6.45, 7) is 3.86. The minimum Gasteiger partial charge on any atom is -0.491 e. The van der Waals surface area contributed by atoms with Crippen molar-refractivity contribution in [1.29, 1.82) is 5.26 Å². The lowest BCUT2D eigenvalue weighted by Crippen LogP contribution is -2.33. The van der Waals surface area contributed by atoms with Crippen LogP contribution in [0, 0.1) is 11.3 Å². The Labute approximate surface area is 151 Å². The van der Waals surface area contributed by atoms with E-state index < -0.39 is 0 Å².